The second-order valence-electron chi connectivity index (χ2n) is 4.80. The van der Waals surface area contributed by atoms with Crippen LogP contribution in [0.25, 0.3) is 0 Å². The summed E-state index contributed by atoms with van der Waals surface area (Å²) in [6.07, 6.45) is -0.533. The molecule has 0 aromatic carbocycles. The molecule has 10 heteroatoms. The predicted octanol–water partition coefficient (Wildman–Crippen LogP) is -0.649. The molecular formula is C15H25NO9. The molecule has 2 atom stereocenters. The number of carboxylic acid groups (broad SMARTS) is 1. The summed E-state index contributed by atoms with van der Waals surface area (Å²) in [5.74, 6) is -5.32. The molecule has 0 heterocycles. The highest BCUT2D eigenvalue weighted by molar-refractivity contribution is 5.90. The molecule has 2 N–H and O–H groups in total. The molecule has 25 heavy (non-hydrogen) atoms. The van der Waals surface area contributed by atoms with Crippen LogP contribution in [0, 0.1) is 5.92 Å². The summed E-state index contributed by atoms with van der Waals surface area (Å²) >= 11 is 0. The smallest absolute Gasteiger partial charge is 0.327 e. The van der Waals surface area contributed by atoms with Crippen molar-refractivity contribution in [2.75, 3.05) is 40.1 Å². The first-order valence-corrected chi connectivity index (χ1v) is 7.78. The van der Waals surface area contributed by atoms with E-state index in [9.17, 15) is 24.3 Å². The molecule has 1 amide bonds. The van der Waals surface area contributed by atoms with Gasteiger partial charge in [0.05, 0.1) is 38.8 Å². The number of rotatable bonds is 13. The van der Waals surface area contributed by atoms with Crippen molar-refractivity contribution in [2.45, 2.75) is 26.3 Å². The fourth-order valence-corrected chi connectivity index (χ4v) is 1.84. The molecular weight excluding hydrogens is 338 g/mol. The van der Waals surface area contributed by atoms with Crippen LogP contribution in [0.15, 0.2) is 0 Å². The Bertz CT molecular complexity index is 452. The average molecular weight is 363 g/mol. The molecule has 0 aliphatic carbocycles. The molecule has 0 aromatic rings. The molecule has 0 radical (unpaired) electrons. The first-order chi connectivity index (χ1) is 11.9. The highest BCUT2D eigenvalue weighted by Crippen LogP contribution is 2.14. The Hall–Kier alpha value is -2.20. The molecule has 0 bridgehead atoms. The van der Waals surface area contributed by atoms with Gasteiger partial charge in [0.1, 0.15) is 12.6 Å². The van der Waals surface area contributed by atoms with Crippen LogP contribution in [0.2, 0.25) is 0 Å². The Morgan fingerprint density at radius 2 is 1.68 bits per heavy atom. The number of esters is 2. The standard InChI is InChI=1S/C15H25NO9/c1-4-24-12(18)8-10(15(21)25-5-2)13(14(19)20)16-11(17)9-23-7-6-22-3/h10,13H,4-9H2,1-3H3,(H,16,17)(H,19,20)/t10-,13-/m1/s1. The van der Waals surface area contributed by atoms with Crippen LogP contribution >= 0.6 is 0 Å². The lowest BCUT2D eigenvalue weighted by Gasteiger charge is -2.22. The average Bonchev–Trinajstić information content (AvgIpc) is 2.55. The van der Waals surface area contributed by atoms with E-state index in [1.807, 2.05) is 0 Å². The number of amides is 1. The zero-order valence-electron chi connectivity index (χ0n) is 14.6. The van der Waals surface area contributed by atoms with Crippen molar-refractivity contribution in [2.24, 2.45) is 5.92 Å². The highest BCUT2D eigenvalue weighted by Gasteiger charge is 2.38. The van der Waals surface area contributed by atoms with E-state index in [1.165, 1.54) is 14.0 Å². The van der Waals surface area contributed by atoms with Crippen molar-refractivity contribution in [3.63, 3.8) is 0 Å². The maximum absolute atomic E-state index is 12.0. The third-order valence-electron chi connectivity index (χ3n) is 2.93. The normalized spacial score (nSPS) is 12.8. The van der Waals surface area contributed by atoms with Gasteiger partial charge in [0.15, 0.2) is 0 Å². The van der Waals surface area contributed by atoms with E-state index in [1.54, 1.807) is 6.92 Å². The number of nitrogens with one attached hydrogen (secondary N) is 1. The summed E-state index contributed by atoms with van der Waals surface area (Å²) in [7, 11) is 1.46. The molecule has 0 spiro atoms. The zero-order valence-corrected chi connectivity index (χ0v) is 14.6. The fourth-order valence-electron chi connectivity index (χ4n) is 1.84. The number of aliphatic carboxylic acids is 1. The Balaban J connectivity index is 5.00. The lowest BCUT2D eigenvalue weighted by molar-refractivity contribution is -0.160. The fraction of sp³-hybridized carbons (Fsp3) is 0.733. The van der Waals surface area contributed by atoms with Crippen molar-refractivity contribution in [3.05, 3.63) is 0 Å². The van der Waals surface area contributed by atoms with Gasteiger partial charge in [-0.3, -0.25) is 14.4 Å². The molecule has 0 unspecified atom stereocenters. The Labute approximate surface area is 145 Å². The van der Waals surface area contributed by atoms with Gasteiger partial charge in [-0.1, -0.05) is 0 Å². The van der Waals surface area contributed by atoms with E-state index in [0.29, 0.717) is 0 Å². The summed E-state index contributed by atoms with van der Waals surface area (Å²) in [4.78, 5) is 46.9. The van der Waals surface area contributed by atoms with Crippen LogP contribution in [0.5, 0.6) is 0 Å². The number of carboxylic acids is 1. The Morgan fingerprint density at radius 1 is 1.04 bits per heavy atom. The van der Waals surface area contributed by atoms with Crippen molar-refractivity contribution in [3.8, 4) is 0 Å². The largest absolute Gasteiger partial charge is 0.480 e. The zero-order chi connectivity index (χ0) is 19.2. The minimum Gasteiger partial charge on any atom is -0.480 e. The van der Waals surface area contributed by atoms with Crippen molar-refractivity contribution >= 4 is 23.8 Å². The number of carbonyl (C=O) groups is 4. The third-order valence-corrected chi connectivity index (χ3v) is 2.93. The summed E-state index contributed by atoms with van der Waals surface area (Å²) in [6.45, 7) is 3.19. The SMILES string of the molecule is CCOC(=O)C[C@@H](C(=O)OCC)[C@@H](NC(=O)COCCOC)C(=O)O. The van der Waals surface area contributed by atoms with Gasteiger partial charge in [-0.15, -0.1) is 0 Å². The molecule has 0 aliphatic rings. The molecule has 0 saturated carbocycles. The maximum atomic E-state index is 12.0. The van der Waals surface area contributed by atoms with E-state index in [4.69, 9.17) is 18.9 Å². The molecule has 0 saturated heterocycles. The first-order valence-electron chi connectivity index (χ1n) is 7.78. The van der Waals surface area contributed by atoms with Gasteiger partial charge < -0.3 is 29.4 Å². The Morgan fingerprint density at radius 3 is 2.20 bits per heavy atom. The quantitative estimate of drug-likeness (QED) is 0.323. The van der Waals surface area contributed by atoms with E-state index in [-0.39, 0.29) is 26.4 Å². The number of carbonyl (C=O) groups excluding carboxylic acids is 3. The number of methoxy groups -OCH3 is 1. The minimum absolute atomic E-state index is 0.00142. The van der Waals surface area contributed by atoms with E-state index < -0.39 is 48.8 Å². The predicted molar refractivity (Wildman–Crippen MR) is 83.6 cm³/mol. The van der Waals surface area contributed by atoms with Gasteiger partial charge >= 0.3 is 17.9 Å². The second-order valence-corrected chi connectivity index (χ2v) is 4.80. The van der Waals surface area contributed by atoms with Crippen molar-refractivity contribution in [1.29, 1.82) is 0 Å². The molecule has 0 aromatic heterocycles. The van der Waals surface area contributed by atoms with Crippen molar-refractivity contribution < 1.29 is 43.2 Å². The Kier molecular flexibility index (Phi) is 12.0. The van der Waals surface area contributed by atoms with Gasteiger partial charge in [-0.05, 0) is 13.8 Å². The van der Waals surface area contributed by atoms with Gasteiger partial charge in [0.2, 0.25) is 5.91 Å². The number of ether oxygens (including phenoxy) is 4. The van der Waals surface area contributed by atoms with Gasteiger partial charge in [-0.2, -0.15) is 0 Å². The second kappa shape index (κ2) is 13.1. The van der Waals surface area contributed by atoms with Crippen LogP contribution in [-0.2, 0) is 38.1 Å². The van der Waals surface area contributed by atoms with Crippen LogP contribution in [0.1, 0.15) is 20.3 Å². The van der Waals surface area contributed by atoms with E-state index in [0.717, 1.165) is 0 Å². The van der Waals surface area contributed by atoms with Gasteiger partial charge in [0, 0.05) is 7.11 Å². The monoisotopic (exact) mass is 363 g/mol. The molecule has 0 aliphatic heterocycles. The van der Waals surface area contributed by atoms with Crippen LogP contribution in [-0.4, -0.2) is 75.1 Å². The summed E-state index contributed by atoms with van der Waals surface area (Å²) in [6, 6.07) is -1.65. The number of hydrogen-bond donors (Lipinski definition) is 2. The maximum Gasteiger partial charge on any atom is 0.327 e. The van der Waals surface area contributed by atoms with E-state index in [2.05, 4.69) is 5.32 Å². The summed E-state index contributed by atoms with van der Waals surface area (Å²) in [5.41, 5.74) is 0. The number of hydrogen-bond acceptors (Lipinski definition) is 8. The molecule has 0 fully saturated rings. The van der Waals surface area contributed by atoms with Crippen LogP contribution in [0.4, 0.5) is 0 Å². The topological polar surface area (TPSA) is 137 Å². The summed E-state index contributed by atoms with van der Waals surface area (Å²) < 4.78 is 19.3. The lowest BCUT2D eigenvalue weighted by Crippen LogP contribution is -2.50. The first kappa shape index (κ1) is 22.8. The van der Waals surface area contributed by atoms with E-state index >= 15 is 0 Å². The molecule has 144 valence electrons. The molecule has 10 nitrogen and oxygen atoms in total. The van der Waals surface area contributed by atoms with Gasteiger partial charge in [-0.25, -0.2) is 4.79 Å². The van der Waals surface area contributed by atoms with Crippen LogP contribution < -0.4 is 5.32 Å². The summed E-state index contributed by atoms with van der Waals surface area (Å²) in [5, 5.41) is 11.5. The minimum atomic E-state index is -1.65. The highest BCUT2D eigenvalue weighted by atomic mass is 16.5. The third kappa shape index (κ3) is 9.62. The van der Waals surface area contributed by atoms with Gasteiger partial charge in [0.25, 0.3) is 0 Å². The van der Waals surface area contributed by atoms with Crippen LogP contribution in [0.3, 0.4) is 0 Å². The lowest BCUT2D eigenvalue weighted by atomic mass is 9.96. The molecule has 0 rings (SSSR count). The van der Waals surface area contributed by atoms with Crippen molar-refractivity contribution in [1.82, 2.24) is 5.32 Å².